The third kappa shape index (κ3) is 3.42. The molecule has 1 heterocycles. The molecule has 4 nitrogen and oxygen atoms in total. The van der Waals surface area contributed by atoms with Gasteiger partial charge in [0.15, 0.2) is 0 Å². The zero-order valence-electron chi connectivity index (χ0n) is 9.49. The average Bonchev–Trinajstić information content (AvgIpc) is 2.28. The van der Waals surface area contributed by atoms with Gasteiger partial charge in [0, 0.05) is 18.8 Å². The zero-order valence-corrected chi connectivity index (χ0v) is 11.1. The molecular weight excluding hydrogens is 246 g/mol. The van der Waals surface area contributed by atoms with Crippen LogP contribution in [0.3, 0.4) is 0 Å². The molecule has 0 saturated heterocycles. The topological polar surface area (TPSA) is 46.9 Å². The van der Waals surface area contributed by atoms with E-state index in [0.29, 0.717) is 12.2 Å². The lowest BCUT2D eigenvalue weighted by Gasteiger charge is -2.08. The summed E-state index contributed by atoms with van der Waals surface area (Å²) in [7, 11) is 0. The van der Waals surface area contributed by atoms with Gasteiger partial charge in [-0.15, -0.1) is 0 Å². The quantitative estimate of drug-likeness (QED) is 0.797. The van der Waals surface area contributed by atoms with Crippen LogP contribution >= 0.6 is 23.4 Å². The van der Waals surface area contributed by atoms with E-state index in [1.165, 1.54) is 4.68 Å². The van der Waals surface area contributed by atoms with E-state index in [0.717, 1.165) is 18.7 Å². The van der Waals surface area contributed by atoms with E-state index in [9.17, 15) is 4.79 Å². The summed E-state index contributed by atoms with van der Waals surface area (Å²) in [6.07, 6.45) is 4.50. The molecule has 0 radical (unpaired) electrons. The minimum Gasteiger partial charge on any atom is -0.382 e. The van der Waals surface area contributed by atoms with Crippen LogP contribution in [0.15, 0.2) is 11.0 Å². The molecule has 90 valence electrons. The van der Waals surface area contributed by atoms with Crippen molar-refractivity contribution in [3.63, 3.8) is 0 Å². The number of nitrogens with zero attached hydrogens (tertiary/aromatic N) is 2. The molecule has 0 atom stereocenters. The van der Waals surface area contributed by atoms with Crippen molar-refractivity contribution in [1.82, 2.24) is 9.78 Å². The van der Waals surface area contributed by atoms with Gasteiger partial charge in [-0.2, -0.15) is 16.9 Å². The van der Waals surface area contributed by atoms with E-state index in [2.05, 4.69) is 10.4 Å². The molecule has 0 amide bonds. The van der Waals surface area contributed by atoms with Crippen LogP contribution in [0.5, 0.6) is 0 Å². The molecule has 0 spiro atoms. The van der Waals surface area contributed by atoms with Gasteiger partial charge < -0.3 is 5.32 Å². The second-order valence-electron chi connectivity index (χ2n) is 3.32. The highest BCUT2D eigenvalue weighted by atomic mass is 35.5. The molecule has 0 unspecified atom stereocenters. The maximum Gasteiger partial charge on any atom is 0.287 e. The molecule has 1 N–H and O–H groups in total. The predicted molar refractivity (Wildman–Crippen MR) is 70.7 cm³/mol. The summed E-state index contributed by atoms with van der Waals surface area (Å²) in [6, 6.07) is 0. The van der Waals surface area contributed by atoms with Gasteiger partial charge in [0.05, 0.1) is 11.9 Å². The van der Waals surface area contributed by atoms with Crippen molar-refractivity contribution in [3.05, 3.63) is 21.6 Å². The number of anilines is 1. The van der Waals surface area contributed by atoms with Crippen molar-refractivity contribution in [1.29, 1.82) is 0 Å². The largest absolute Gasteiger partial charge is 0.382 e. The fraction of sp³-hybridized carbons (Fsp3) is 0.600. The molecule has 0 aromatic carbocycles. The number of rotatable bonds is 6. The van der Waals surface area contributed by atoms with E-state index in [1.54, 1.807) is 18.0 Å². The summed E-state index contributed by atoms with van der Waals surface area (Å²) in [5.74, 6) is 0.967. The number of hydrogen-bond acceptors (Lipinski definition) is 4. The first-order chi connectivity index (χ1) is 7.70. The highest BCUT2D eigenvalue weighted by molar-refractivity contribution is 7.98. The first-order valence-corrected chi connectivity index (χ1v) is 6.96. The fourth-order valence-corrected chi connectivity index (χ4v) is 1.77. The van der Waals surface area contributed by atoms with Crippen molar-refractivity contribution in [2.45, 2.75) is 19.9 Å². The minimum absolute atomic E-state index is 0.224. The number of hydrogen-bond donors (Lipinski definition) is 1. The lowest BCUT2D eigenvalue weighted by Crippen LogP contribution is -2.24. The molecule has 6 heteroatoms. The Morgan fingerprint density at radius 1 is 1.62 bits per heavy atom. The van der Waals surface area contributed by atoms with E-state index in [4.69, 9.17) is 11.6 Å². The van der Waals surface area contributed by atoms with Crippen LogP contribution < -0.4 is 10.9 Å². The first-order valence-electron chi connectivity index (χ1n) is 5.19. The molecule has 0 aliphatic heterocycles. The lowest BCUT2D eigenvalue weighted by molar-refractivity contribution is 0.568. The molecule has 1 aromatic rings. The second-order valence-corrected chi connectivity index (χ2v) is 4.68. The second kappa shape index (κ2) is 6.81. The summed E-state index contributed by atoms with van der Waals surface area (Å²) in [6.45, 7) is 3.37. The monoisotopic (exact) mass is 261 g/mol. The standard InChI is InChI=1S/C10H16ClN3OS/c1-3-5-14-10(15)9(11)8(7-13-14)12-4-6-16-2/h7,12H,3-6H2,1-2H3. The number of aromatic nitrogens is 2. The summed E-state index contributed by atoms with van der Waals surface area (Å²) >= 11 is 7.70. The lowest BCUT2D eigenvalue weighted by atomic mass is 10.4. The molecule has 16 heavy (non-hydrogen) atoms. The van der Waals surface area contributed by atoms with Crippen LogP contribution in [0.1, 0.15) is 13.3 Å². The van der Waals surface area contributed by atoms with Crippen LogP contribution in [0.4, 0.5) is 5.69 Å². The van der Waals surface area contributed by atoms with Crippen LogP contribution in [-0.2, 0) is 6.54 Å². The van der Waals surface area contributed by atoms with Gasteiger partial charge in [0.25, 0.3) is 5.56 Å². The van der Waals surface area contributed by atoms with Crippen LogP contribution in [0.25, 0.3) is 0 Å². The van der Waals surface area contributed by atoms with Gasteiger partial charge >= 0.3 is 0 Å². The zero-order chi connectivity index (χ0) is 12.0. The van der Waals surface area contributed by atoms with Crippen LogP contribution in [0.2, 0.25) is 5.02 Å². The molecule has 0 saturated carbocycles. The van der Waals surface area contributed by atoms with Gasteiger partial charge in [-0.3, -0.25) is 4.79 Å². The highest BCUT2D eigenvalue weighted by Crippen LogP contribution is 2.14. The normalized spacial score (nSPS) is 10.4. The Kier molecular flexibility index (Phi) is 5.69. The van der Waals surface area contributed by atoms with Crippen molar-refractivity contribution in [2.75, 3.05) is 23.9 Å². The number of halogens is 1. The van der Waals surface area contributed by atoms with E-state index in [-0.39, 0.29) is 10.6 Å². The Hall–Kier alpha value is -0.680. The van der Waals surface area contributed by atoms with Gasteiger partial charge in [-0.25, -0.2) is 4.68 Å². The average molecular weight is 262 g/mol. The van der Waals surface area contributed by atoms with Crippen molar-refractivity contribution < 1.29 is 0 Å². The Labute approximate surface area is 104 Å². The maximum atomic E-state index is 11.7. The summed E-state index contributed by atoms with van der Waals surface area (Å²) in [5.41, 5.74) is 0.394. The Morgan fingerprint density at radius 2 is 2.38 bits per heavy atom. The summed E-state index contributed by atoms with van der Waals surface area (Å²) in [4.78, 5) is 11.7. The van der Waals surface area contributed by atoms with Gasteiger partial charge in [0.2, 0.25) is 0 Å². The first kappa shape index (κ1) is 13.4. The highest BCUT2D eigenvalue weighted by Gasteiger charge is 2.07. The van der Waals surface area contributed by atoms with Gasteiger partial charge in [-0.05, 0) is 12.7 Å². The van der Waals surface area contributed by atoms with Gasteiger partial charge in [-0.1, -0.05) is 18.5 Å². The summed E-state index contributed by atoms with van der Waals surface area (Å²) < 4.78 is 1.39. The van der Waals surface area contributed by atoms with E-state index >= 15 is 0 Å². The van der Waals surface area contributed by atoms with Gasteiger partial charge in [0.1, 0.15) is 5.02 Å². The number of thioether (sulfide) groups is 1. The maximum absolute atomic E-state index is 11.7. The Bertz CT molecular complexity index is 394. The van der Waals surface area contributed by atoms with Crippen LogP contribution in [-0.4, -0.2) is 28.3 Å². The number of aryl methyl sites for hydroxylation is 1. The summed E-state index contributed by atoms with van der Waals surface area (Å²) in [5, 5.41) is 7.38. The number of nitrogens with one attached hydrogen (secondary N) is 1. The Balaban J connectivity index is 2.81. The third-order valence-corrected chi connectivity index (χ3v) is 3.02. The molecule has 1 rings (SSSR count). The van der Waals surface area contributed by atoms with Crippen molar-refractivity contribution in [3.8, 4) is 0 Å². The molecule has 0 fully saturated rings. The van der Waals surface area contributed by atoms with E-state index in [1.807, 2.05) is 13.2 Å². The van der Waals surface area contributed by atoms with E-state index < -0.39 is 0 Å². The third-order valence-electron chi connectivity index (χ3n) is 2.04. The SMILES string of the molecule is CCCn1ncc(NCCSC)c(Cl)c1=O. The molecular formula is C10H16ClN3OS. The molecule has 1 aromatic heterocycles. The fourth-order valence-electron chi connectivity index (χ4n) is 1.25. The molecule has 0 bridgehead atoms. The Morgan fingerprint density at radius 3 is 3.00 bits per heavy atom. The molecule has 0 aliphatic rings. The van der Waals surface area contributed by atoms with Crippen molar-refractivity contribution in [2.24, 2.45) is 0 Å². The van der Waals surface area contributed by atoms with Crippen LogP contribution in [0, 0.1) is 0 Å². The minimum atomic E-state index is -0.224. The van der Waals surface area contributed by atoms with Crippen molar-refractivity contribution >= 4 is 29.1 Å². The molecule has 0 aliphatic carbocycles. The predicted octanol–water partition coefficient (Wildman–Crippen LogP) is 2.08. The smallest absolute Gasteiger partial charge is 0.287 e.